The summed E-state index contributed by atoms with van der Waals surface area (Å²) in [7, 11) is -15.1. The van der Waals surface area contributed by atoms with Crippen molar-refractivity contribution in [2.45, 2.75) is 145 Å². The van der Waals surface area contributed by atoms with Crippen molar-refractivity contribution in [2.24, 2.45) is 0 Å². The van der Waals surface area contributed by atoms with Crippen LogP contribution >= 0.6 is 0 Å². The van der Waals surface area contributed by atoms with Gasteiger partial charge in [0.25, 0.3) is 0 Å². The quantitative estimate of drug-likeness (QED) is 0.182. The Morgan fingerprint density at radius 2 is 0.417 bits per heavy atom. The Kier molecular flexibility index (Phi) is 11.7. The van der Waals surface area contributed by atoms with Gasteiger partial charge < -0.3 is 8.85 Å². The van der Waals surface area contributed by atoms with Crippen LogP contribution in [0.15, 0.2) is 0 Å². The average Bonchev–Trinajstić information content (AvgIpc) is 2.66. The average molecular weight is 672 g/mol. The molecule has 0 fully saturated rings. The maximum absolute atomic E-state index is 6.70. The van der Waals surface area contributed by atoms with Gasteiger partial charge in [0.2, 0.25) is 0 Å². The minimum Gasteiger partial charge on any atom is -0.421 e. The van der Waals surface area contributed by atoms with Crippen molar-refractivity contribution in [1.82, 2.24) is 0 Å². The molecule has 2 nitrogen and oxygen atoms in total. The monoisotopic (exact) mass is 670 g/mol. The van der Waals surface area contributed by atoms with E-state index in [1.807, 2.05) is 0 Å². The number of hydrogen-bond donors (Lipinski definition) is 0. The van der Waals surface area contributed by atoms with E-state index in [1.54, 1.807) is 0 Å². The molecule has 0 aromatic carbocycles. The molecule has 0 aliphatic heterocycles. The van der Waals surface area contributed by atoms with Crippen molar-refractivity contribution in [3.8, 4) is 0 Å². The summed E-state index contributed by atoms with van der Waals surface area (Å²) in [5, 5.41) is 0. The lowest BCUT2D eigenvalue weighted by Gasteiger charge is -2.67. The molecule has 12 heteroatoms. The maximum atomic E-state index is 6.70. The van der Waals surface area contributed by atoms with Crippen LogP contribution in [-0.2, 0) is 8.85 Å². The normalized spacial score (nSPS) is 16.5. The topological polar surface area (TPSA) is 18.5 Å². The zero-order valence-corrected chi connectivity index (χ0v) is 39.2. The summed E-state index contributed by atoms with van der Waals surface area (Å²) in [6, 6.07) is 0. The molecule has 0 saturated heterocycles. The molecule has 0 bridgehead atoms. The molecule has 0 radical (unpaired) electrons. The molecule has 0 aromatic rings. The van der Waals surface area contributed by atoms with Crippen LogP contribution in [0.25, 0.3) is 0 Å². The first-order chi connectivity index (χ1) is 15.4. The van der Waals surface area contributed by atoms with Crippen molar-refractivity contribution < 1.29 is 8.85 Å². The zero-order chi connectivity index (χ0) is 29.8. The molecular formula is C24H70O2Si10. The van der Waals surface area contributed by atoms with Crippen molar-refractivity contribution in [3.05, 3.63) is 0 Å². The van der Waals surface area contributed by atoms with E-state index in [2.05, 4.69) is 145 Å². The molecule has 0 heterocycles. The van der Waals surface area contributed by atoms with Crippen LogP contribution in [0.2, 0.25) is 131 Å². The van der Waals surface area contributed by atoms with Gasteiger partial charge >= 0.3 is 0 Å². The Morgan fingerprint density at radius 3 is 0.556 bits per heavy atom. The molecule has 0 amide bonds. The van der Waals surface area contributed by atoms with Crippen LogP contribution in [0.3, 0.4) is 0 Å². The summed E-state index contributed by atoms with van der Waals surface area (Å²) in [5.74, 6) is 0. The first kappa shape index (κ1) is 38.1. The van der Waals surface area contributed by atoms with E-state index in [-0.39, 0.29) is 0 Å². The second-order valence-electron chi connectivity index (χ2n) is 16.9. The van der Waals surface area contributed by atoms with Gasteiger partial charge in [-0.25, -0.2) is 0 Å². The largest absolute Gasteiger partial charge is 0.421 e. The predicted octanol–water partition coefficient (Wildman–Crippen LogP) is 8.84. The van der Waals surface area contributed by atoms with Gasteiger partial charge in [-0.3, -0.25) is 0 Å². The highest BCUT2D eigenvalue weighted by Crippen LogP contribution is 2.48. The molecule has 0 aromatic heterocycles. The molecule has 0 spiro atoms. The molecule has 0 atom stereocenters. The Morgan fingerprint density at radius 1 is 0.278 bits per heavy atom. The summed E-state index contributed by atoms with van der Waals surface area (Å²) in [6.07, 6.45) is 0. The second kappa shape index (κ2) is 11.1. The highest BCUT2D eigenvalue weighted by atomic mass is 30.1. The SMILES string of the molecule is CCO[Si](C)(C)[Si](C)(C)[Si](C)(C)[Si](C)(C)[Si](C)(C)[Si](C)(C)[Si](C)(C)[Si](C)(C)[Si](C)(C)[Si](C)(C)OCC. The van der Waals surface area contributed by atoms with Crippen molar-refractivity contribution in [1.29, 1.82) is 0 Å². The number of rotatable bonds is 13. The third kappa shape index (κ3) is 5.36. The number of hydrogen-bond acceptors (Lipinski definition) is 2. The van der Waals surface area contributed by atoms with E-state index in [0.29, 0.717) is 0 Å². The minimum absolute atomic E-state index is 0.905. The first-order valence-corrected chi connectivity index (χ1v) is 53.5. The molecule has 0 rings (SSSR count). The standard InChI is InChI=1S/C24H70O2Si10/c1-23-25-27(3,4)29(7,8)31(11,12)33(15,16)35(19,20)36(21,22)34(17,18)32(13,14)30(9,10)28(5,6)26-24-2/h23-24H2,1-22H3. The van der Waals surface area contributed by atoms with Crippen LogP contribution in [0, 0.1) is 0 Å². The van der Waals surface area contributed by atoms with Gasteiger partial charge in [0.05, 0.1) is 14.2 Å². The molecule has 0 aliphatic carbocycles. The molecule has 0 aliphatic rings. The van der Waals surface area contributed by atoms with Gasteiger partial charge in [0, 0.05) is 55.9 Å². The van der Waals surface area contributed by atoms with Gasteiger partial charge in [-0.2, -0.15) is 0 Å². The Bertz CT molecular complexity index is 705. The second-order valence-corrected chi connectivity index (χ2v) is 129. The Labute approximate surface area is 238 Å². The van der Waals surface area contributed by atoms with Gasteiger partial charge in [-0.05, 0) is 40.0 Å². The molecule has 218 valence electrons. The van der Waals surface area contributed by atoms with E-state index in [0.717, 1.165) is 13.2 Å². The van der Waals surface area contributed by atoms with Crippen LogP contribution in [0.1, 0.15) is 13.8 Å². The fourth-order valence-corrected chi connectivity index (χ4v) is 313. The zero-order valence-electron chi connectivity index (χ0n) is 29.2. The molecule has 36 heavy (non-hydrogen) atoms. The highest BCUT2D eigenvalue weighted by molar-refractivity contribution is 8.06. The summed E-state index contributed by atoms with van der Waals surface area (Å²) in [5.41, 5.74) is 0. The molecular weight excluding hydrogens is 601 g/mol. The third-order valence-corrected chi connectivity index (χ3v) is 235. The van der Waals surface area contributed by atoms with Gasteiger partial charge in [0.1, 0.15) is 0 Å². The lowest BCUT2D eigenvalue weighted by atomic mass is 10.9. The molecule has 0 unspecified atom stereocenters. The fourth-order valence-electron chi connectivity index (χ4n) is 7.28. The van der Waals surface area contributed by atoms with E-state index in [4.69, 9.17) is 8.85 Å². The smallest absolute Gasteiger partial charge is 0.170 e. The van der Waals surface area contributed by atoms with Gasteiger partial charge in [-0.1, -0.05) is 105 Å². The van der Waals surface area contributed by atoms with Gasteiger partial charge in [0.15, 0.2) is 15.7 Å². The summed E-state index contributed by atoms with van der Waals surface area (Å²) >= 11 is 0. The van der Waals surface area contributed by atoms with Crippen LogP contribution < -0.4 is 0 Å². The van der Waals surface area contributed by atoms with E-state index < -0.39 is 72.5 Å². The molecule has 0 saturated carbocycles. The molecule has 0 N–H and O–H groups in total. The predicted molar refractivity (Wildman–Crippen MR) is 198 cm³/mol. The Hall–Kier alpha value is 2.09. The van der Waals surface area contributed by atoms with Gasteiger partial charge in [-0.15, -0.1) is 0 Å². The first-order valence-electron chi connectivity index (χ1n) is 14.6. The Balaban J connectivity index is 7.04. The van der Waals surface area contributed by atoms with E-state index in [1.165, 1.54) is 0 Å². The summed E-state index contributed by atoms with van der Waals surface area (Å²) in [4.78, 5) is 0. The van der Waals surface area contributed by atoms with Crippen molar-refractivity contribution in [2.75, 3.05) is 13.2 Å². The lowest BCUT2D eigenvalue weighted by molar-refractivity contribution is 0.341. The van der Waals surface area contributed by atoms with Crippen molar-refractivity contribution >= 4 is 72.5 Å². The lowest BCUT2D eigenvalue weighted by Crippen LogP contribution is -2.95. The van der Waals surface area contributed by atoms with E-state index in [9.17, 15) is 0 Å². The van der Waals surface area contributed by atoms with E-state index >= 15 is 0 Å². The summed E-state index contributed by atoms with van der Waals surface area (Å²) < 4.78 is 13.4. The fraction of sp³-hybridized carbons (Fsp3) is 1.00. The van der Waals surface area contributed by atoms with Crippen molar-refractivity contribution in [3.63, 3.8) is 0 Å². The maximum Gasteiger partial charge on any atom is 0.170 e. The third-order valence-electron chi connectivity index (χ3n) is 15.0. The van der Waals surface area contributed by atoms with Crippen LogP contribution in [0.4, 0.5) is 0 Å². The minimum atomic E-state index is -1.67. The highest BCUT2D eigenvalue weighted by Gasteiger charge is 2.72. The van der Waals surface area contributed by atoms with Crippen LogP contribution in [0.5, 0.6) is 0 Å². The summed E-state index contributed by atoms with van der Waals surface area (Å²) in [6.45, 7) is 62.7. The van der Waals surface area contributed by atoms with Crippen LogP contribution in [-0.4, -0.2) is 85.8 Å².